The minimum Gasteiger partial charge on any atom is -0.310 e. The molecular formula is C66H48N2. The largest absolute Gasteiger partial charge is 0.310 e. The van der Waals surface area contributed by atoms with Crippen LogP contribution in [-0.4, -0.2) is 4.57 Å². The molecule has 11 aromatic rings. The van der Waals surface area contributed by atoms with Gasteiger partial charge >= 0.3 is 0 Å². The highest BCUT2D eigenvalue weighted by Crippen LogP contribution is 2.48. The van der Waals surface area contributed by atoms with E-state index in [0.29, 0.717) is 0 Å². The molecule has 0 radical (unpaired) electrons. The van der Waals surface area contributed by atoms with Crippen LogP contribution in [0.1, 0.15) is 36.8 Å². The van der Waals surface area contributed by atoms with Gasteiger partial charge in [0.1, 0.15) is 0 Å². The van der Waals surface area contributed by atoms with Gasteiger partial charge in [0.2, 0.25) is 0 Å². The van der Waals surface area contributed by atoms with Crippen molar-refractivity contribution >= 4 is 82.3 Å². The second kappa shape index (κ2) is 16.8. The molecule has 0 bridgehead atoms. The van der Waals surface area contributed by atoms with Crippen LogP contribution >= 0.6 is 0 Å². The Kier molecular flexibility index (Phi) is 9.83. The maximum absolute atomic E-state index is 2.50. The SMILES string of the molecule is C1=CCCC(c2ccccc2N(c2ccc(-c3ccccc3)cc2)c2ccc(-c3cc4c5ccccc5c5c(c6ccccc6n5-c5ccc(C6=CCCC=C6)cc5)c4c4ccccc34)cc2)=C1. The van der Waals surface area contributed by atoms with Crippen molar-refractivity contribution in [2.75, 3.05) is 4.90 Å². The van der Waals surface area contributed by atoms with Crippen molar-refractivity contribution in [2.24, 2.45) is 0 Å². The highest BCUT2D eigenvalue weighted by atomic mass is 15.1. The zero-order valence-corrected chi connectivity index (χ0v) is 37.8. The van der Waals surface area contributed by atoms with Crippen LogP contribution in [-0.2, 0) is 0 Å². The molecule has 1 heterocycles. The summed E-state index contributed by atoms with van der Waals surface area (Å²) in [5, 5.41) is 10.1. The Morgan fingerprint density at radius 1 is 0.412 bits per heavy atom. The number of anilines is 3. The third-order valence-corrected chi connectivity index (χ3v) is 14.3. The van der Waals surface area contributed by atoms with E-state index in [1.54, 1.807) is 0 Å². The Morgan fingerprint density at radius 2 is 1.04 bits per heavy atom. The lowest BCUT2D eigenvalue weighted by atomic mass is 9.88. The van der Waals surface area contributed by atoms with Gasteiger partial charge in [0.05, 0.1) is 16.7 Å². The molecule has 2 aliphatic rings. The van der Waals surface area contributed by atoms with Crippen molar-refractivity contribution in [1.82, 2.24) is 4.57 Å². The van der Waals surface area contributed by atoms with Gasteiger partial charge in [-0.05, 0) is 141 Å². The Hall–Kier alpha value is -8.46. The van der Waals surface area contributed by atoms with Gasteiger partial charge in [-0.2, -0.15) is 0 Å². The molecule has 2 nitrogen and oxygen atoms in total. The zero-order valence-electron chi connectivity index (χ0n) is 37.8. The first-order valence-electron chi connectivity index (χ1n) is 24.0. The zero-order chi connectivity index (χ0) is 45.0. The normalized spacial score (nSPS) is 13.7. The van der Waals surface area contributed by atoms with E-state index in [0.717, 1.165) is 37.1 Å². The fourth-order valence-electron chi connectivity index (χ4n) is 11.1. The van der Waals surface area contributed by atoms with E-state index in [4.69, 9.17) is 0 Å². The predicted molar refractivity (Wildman–Crippen MR) is 292 cm³/mol. The molecule has 0 saturated heterocycles. The van der Waals surface area contributed by atoms with Crippen molar-refractivity contribution in [3.8, 4) is 27.9 Å². The monoisotopic (exact) mass is 868 g/mol. The number of fused-ring (bicyclic) bond motifs is 10. The molecule has 2 aliphatic carbocycles. The maximum Gasteiger partial charge on any atom is 0.0626 e. The predicted octanol–water partition coefficient (Wildman–Crippen LogP) is 18.5. The van der Waals surface area contributed by atoms with E-state index in [1.807, 2.05) is 0 Å². The van der Waals surface area contributed by atoms with Crippen LogP contribution < -0.4 is 4.90 Å². The quantitative estimate of drug-likeness (QED) is 0.138. The van der Waals surface area contributed by atoms with Gasteiger partial charge < -0.3 is 9.47 Å². The lowest BCUT2D eigenvalue weighted by Gasteiger charge is -2.29. The summed E-state index contributed by atoms with van der Waals surface area (Å²) in [7, 11) is 0. The van der Waals surface area contributed by atoms with Crippen molar-refractivity contribution in [3.63, 3.8) is 0 Å². The first kappa shape index (κ1) is 39.9. The fourth-order valence-corrected chi connectivity index (χ4v) is 11.1. The molecule has 2 heteroatoms. The summed E-state index contributed by atoms with van der Waals surface area (Å²) in [5.41, 5.74) is 17.1. The summed E-state index contributed by atoms with van der Waals surface area (Å²) in [5.74, 6) is 0. The number of para-hydroxylation sites is 2. The highest BCUT2D eigenvalue weighted by molar-refractivity contribution is 6.38. The summed E-state index contributed by atoms with van der Waals surface area (Å²) < 4.78 is 2.50. The standard InChI is InChI=1S/C66H48N2/c1-4-18-45(19-5-1)47-32-38-51(39-33-47)67(62-30-16-14-24-54(62)49-22-8-3-9-23-49)52-42-36-50(37-43-52)60-44-61-56-26-11-13-28-58(56)66-65(64(61)57-27-12-10-25-55(57)60)59-29-15-17-31-63(59)68(66)53-40-34-48(35-41-53)46-20-6-2-7-21-46/h1,3-6,8,10-22,24-44H,2,7,9,23H2. The molecule has 0 spiro atoms. The summed E-state index contributed by atoms with van der Waals surface area (Å²) in [6, 6.07) is 76.6. The molecule has 13 rings (SSSR count). The van der Waals surface area contributed by atoms with Crippen LogP contribution in [0.15, 0.2) is 243 Å². The summed E-state index contributed by atoms with van der Waals surface area (Å²) in [6.45, 7) is 0. The maximum atomic E-state index is 2.50. The van der Waals surface area contributed by atoms with Gasteiger partial charge in [-0.3, -0.25) is 0 Å². The van der Waals surface area contributed by atoms with E-state index in [9.17, 15) is 0 Å². The van der Waals surface area contributed by atoms with Gasteiger partial charge in [-0.25, -0.2) is 0 Å². The lowest BCUT2D eigenvalue weighted by molar-refractivity contribution is 1.04. The molecule has 0 saturated carbocycles. The first-order valence-corrected chi connectivity index (χ1v) is 24.0. The number of aromatic nitrogens is 1. The van der Waals surface area contributed by atoms with Crippen LogP contribution in [0.5, 0.6) is 0 Å². The number of rotatable bonds is 8. The Morgan fingerprint density at radius 3 is 1.78 bits per heavy atom. The molecule has 1 aromatic heterocycles. The third-order valence-electron chi connectivity index (χ3n) is 14.3. The van der Waals surface area contributed by atoms with Gasteiger partial charge in [-0.15, -0.1) is 0 Å². The van der Waals surface area contributed by atoms with Crippen molar-refractivity contribution in [1.29, 1.82) is 0 Å². The molecule has 10 aromatic carbocycles. The molecular weight excluding hydrogens is 821 g/mol. The van der Waals surface area contributed by atoms with Gasteiger partial charge in [0.15, 0.2) is 0 Å². The average molecular weight is 869 g/mol. The van der Waals surface area contributed by atoms with E-state index in [1.165, 1.54) is 110 Å². The topological polar surface area (TPSA) is 8.17 Å². The van der Waals surface area contributed by atoms with Gasteiger partial charge in [0, 0.05) is 44.2 Å². The average Bonchev–Trinajstić information content (AvgIpc) is 3.77. The van der Waals surface area contributed by atoms with Crippen LogP contribution in [0.25, 0.3) is 93.2 Å². The number of nitrogens with zero attached hydrogens (tertiary/aromatic N) is 2. The summed E-state index contributed by atoms with van der Waals surface area (Å²) >= 11 is 0. The third kappa shape index (κ3) is 6.71. The Balaban J connectivity index is 0.990. The van der Waals surface area contributed by atoms with E-state index < -0.39 is 0 Å². The molecule has 0 unspecified atom stereocenters. The number of hydrogen-bond acceptors (Lipinski definition) is 1. The molecule has 0 atom stereocenters. The summed E-state index contributed by atoms with van der Waals surface area (Å²) in [6.07, 6.45) is 17.9. The van der Waals surface area contributed by atoms with Crippen LogP contribution in [0, 0.1) is 0 Å². The van der Waals surface area contributed by atoms with E-state index >= 15 is 0 Å². The molecule has 0 aliphatic heterocycles. The van der Waals surface area contributed by atoms with E-state index in [2.05, 4.69) is 252 Å². The fraction of sp³-hybridized carbons (Fsp3) is 0.0606. The number of allylic oxidation sites excluding steroid dienone is 8. The van der Waals surface area contributed by atoms with Crippen LogP contribution in [0.2, 0.25) is 0 Å². The Labute approximate surface area is 397 Å². The second-order valence-corrected chi connectivity index (χ2v) is 18.2. The minimum atomic E-state index is 1.02. The number of benzene rings is 10. The molecule has 0 N–H and O–H groups in total. The van der Waals surface area contributed by atoms with Gasteiger partial charge in [-0.1, -0.05) is 188 Å². The summed E-state index contributed by atoms with van der Waals surface area (Å²) in [4.78, 5) is 2.43. The van der Waals surface area contributed by atoms with Crippen LogP contribution in [0.3, 0.4) is 0 Å². The second-order valence-electron chi connectivity index (χ2n) is 18.2. The molecule has 68 heavy (non-hydrogen) atoms. The lowest BCUT2D eigenvalue weighted by Crippen LogP contribution is -2.12. The first-order chi connectivity index (χ1) is 33.8. The smallest absolute Gasteiger partial charge is 0.0626 e. The van der Waals surface area contributed by atoms with Crippen LogP contribution in [0.4, 0.5) is 17.1 Å². The van der Waals surface area contributed by atoms with Crippen molar-refractivity contribution < 1.29 is 0 Å². The minimum absolute atomic E-state index is 1.02. The highest BCUT2D eigenvalue weighted by Gasteiger charge is 2.23. The number of hydrogen-bond donors (Lipinski definition) is 0. The van der Waals surface area contributed by atoms with Crippen molar-refractivity contribution in [3.05, 3.63) is 254 Å². The van der Waals surface area contributed by atoms with E-state index in [-0.39, 0.29) is 0 Å². The molecule has 0 amide bonds. The Bertz CT molecular complexity index is 3860. The van der Waals surface area contributed by atoms with Crippen molar-refractivity contribution in [2.45, 2.75) is 25.7 Å². The molecule has 322 valence electrons. The molecule has 0 fully saturated rings. The van der Waals surface area contributed by atoms with Gasteiger partial charge in [0.25, 0.3) is 0 Å².